The van der Waals surface area contributed by atoms with E-state index in [1.54, 1.807) is 6.92 Å². The van der Waals surface area contributed by atoms with Crippen molar-refractivity contribution in [3.05, 3.63) is 35.4 Å². The number of amides is 4. The van der Waals surface area contributed by atoms with Gasteiger partial charge < -0.3 is 10.2 Å². The van der Waals surface area contributed by atoms with Crippen LogP contribution in [0.2, 0.25) is 0 Å². The molecule has 0 spiro atoms. The molecule has 0 radical (unpaired) electrons. The monoisotopic (exact) mass is 301 g/mol. The smallest absolute Gasteiger partial charge is 0.322 e. The van der Waals surface area contributed by atoms with Crippen molar-refractivity contribution in [1.29, 1.82) is 0 Å². The van der Waals surface area contributed by atoms with Crippen LogP contribution < -0.4 is 10.6 Å². The van der Waals surface area contributed by atoms with Crippen molar-refractivity contribution >= 4 is 17.8 Å². The van der Waals surface area contributed by atoms with Crippen molar-refractivity contribution in [3.63, 3.8) is 0 Å². The molecular weight excluding hydrogens is 282 g/mol. The van der Waals surface area contributed by atoms with E-state index in [2.05, 4.69) is 16.7 Å². The fraction of sp³-hybridized carbons (Fsp3) is 0.438. The minimum Gasteiger partial charge on any atom is -0.338 e. The summed E-state index contributed by atoms with van der Waals surface area (Å²) in [4.78, 5) is 37.2. The van der Waals surface area contributed by atoms with E-state index < -0.39 is 11.6 Å². The van der Waals surface area contributed by atoms with E-state index in [4.69, 9.17) is 0 Å². The number of nitrogens with zero attached hydrogens (tertiary/aromatic N) is 1. The van der Waals surface area contributed by atoms with Gasteiger partial charge in [-0.15, -0.1) is 0 Å². The predicted molar refractivity (Wildman–Crippen MR) is 79.9 cm³/mol. The molecule has 3 rings (SSSR count). The molecule has 2 heterocycles. The molecule has 1 aromatic rings. The van der Waals surface area contributed by atoms with E-state index in [1.165, 1.54) is 11.1 Å². The van der Waals surface area contributed by atoms with Crippen LogP contribution in [0.15, 0.2) is 24.3 Å². The first-order valence-electron chi connectivity index (χ1n) is 7.46. The molecular formula is C16H19N3O3. The normalized spacial score (nSPS) is 23.8. The van der Waals surface area contributed by atoms with Gasteiger partial charge in [-0.3, -0.25) is 14.9 Å². The minimum absolute atomic E-state index is 0.0182. The fourth-order valence-electron chi connectivity index (χ4n) is 2.98. The molecule has 1 fully saturated rings. The van der Waals surface area contributed by atoms with Gasteiger partial charge in [0.2, 0.25) is 5.91 Å². The van der Waals surface area contributed by atoms with Crippen LogP contribution in [0.1, 0.15) is 30.9 Å². The van der Waals surface area contributed by atoms with Gasteiger partial charge in [-0.1, -0.05) is 24.3 Å². The van der Waals surface area contributed by atoms with Crippen LogP contribution in [0.5, 0.6) is 0 Å². The number of rotatable bonds is 3. The van der Waals surface area contributed by atoms with Crippen LogP contribution in [0.3, 0.4) is 0 Å². The summed E-state index contributed by atoms with van der Waals surface area (Å²) >= 11 is 0. The highest BCUT2D eigenvalue weighted by Crippen LogP contribution is 2.21. The van der Waals surface area contributed by atoms with Crippen molar-refractivity contribution in [1.82, 2.24) is 15.5 Å². The maximum Gasteiger partial charge on any atom is 0.322 e. The Morgan fingerprint density at radius 3 is 2.68 bits per heavy atom. The Morgan fingerprint density at radius 2 is 2.00 bits per heavy atom. The number of fused-ring (bicyclic) bond motifs is 1. The number of benzene rings is 1. The Bertz CT molecular complexity index is 643. The van der Waals surface area contributed by atoms with Gasteiger partial charge in [0, 0.05) is 19.5 Å². The van der Waals surface area contributed by atoms with Crippen LogP contribution in [-0.2, 0) is 22.6 Å². The molecule has 4 amide bonds. The number of urea groups is 1. The Hall–Kier alpha value is -2.37. The first-order chi connectivity index (χ1) is 10.5. The highest BCUT2D eigenvalue weighted by Gasteiger charge is 2.42. The molecule has 0 saturated carbocycles. The largest absolute Gasteiger partial charge is 0.338 e. The van der Waals surface area contributed by atoms with E-state index in [0.717, 1.165) is 6.42 Å². The van der Waals surface area contributed by atoms with E-state index in [1.807, 2.05) is 23.1 Å². The average Bonchev–Trinajstić information content (AvgIpc) is 2.77. The zero-order valence-electron chi connectivity index (χ0n) is 12.5. The van der Waals surface area contributed by atoms with Gasteiger partial charge in [0.15, 0.2) is 0 Å². The number of hydrogen-bond donors (Lipinski definition) is 2. The molecule has 2 N–H and O–H groups in total. The van der Waals surface area contributed by atoms with Crippen molar-refractivity contribution < 1.29 is 14.4 Å². The molecule has 1 saturated heterocycles. The molecule has 22 heavy (non-hydrogen) atoms. The molecule has 0 aliphatic carbocycles. The lowest BCUT2D eigenvalue weighted by Crippen LogP contribution is -2.45. The summed E-state index contributed by atoms with van der Waals surface area (Å²) in [6.07, 6.45) is 1.41. The predicted octanol–water partition coefficient (Wildman–Crippen LogP) is 0.950. The van der Waals surface area contributed by atoms with E-state index in [-0.39, 0.29) is 18.2 Å². The number of carbonyl (C=O) groups excluding carboxylic acids is 3. The van der Waals surface area contributed by atoms with Gasteiger partial charge in [-0.2, -0.15) is 0 Å². The van der Waals surface area contributed by atoms with Crippen LogP contribution in [0.4, 0.5) is 4.79 Å². The quantitative estimate of drug-likeness (QED) is 0.816. The molecule has 6 nitrogen and oxygen atoms in total. The van der Waals surface area contributed by atoms with Crippen molar-refractivity contribution in [2.75, 3.05) is 6.54 Å². The number of imide groups is 1. The molecule has 2 aliphatic heterocycles. The third kappa shape index (κ3) is 2.68. The summed E-state index contributed by atoms with van der Waals surface area (Å²) in [5, 5.41) is 4.79. The zero-order valence-corrected chi connectivity index (χ0v) is 12.5. The average molecular weight is 301 g/mol. The maximum absolute atomic E-state index is 12.4. The Kier molecular flexibility index (Phi) is 3.60. The molecule has 116 valence electrons. The lowest BCUT2D eigenvalue weighted by Gasteiger charge is -2.30. The first kappa shape index (κ1) is 14.6. The molecule has 0 aromatic heterocycles. The molecule has 1 atom stereocenters. The van der Waals surface area contributed by atoms with E-state index >= 15 is 0 Å². The summed E-state index contributed by atoms with van der Waals surface area (Å²) in [5.41, 5.74) is 1.49. The fourth-order valence-corrected chi connectivity index (χ4v) is 2.98. The van der Waals surface area contributed by atoms with Crippen LogP contribution in [-0.4, -0.2) is 34.8 Å². The van der Waals surface area contributed by atoms with Crippen molar-refractivity contribution in [2.24, 2.45) is 0 Å². The van der Waals surface area contributed by atoms with Gasteiger partial charge in [0.1, 0.15) is 5.54 Å². The molecule has 1 unspecified atom stereocenters. The third-order valence-electron chi connectivity index (χ3n) is 4.44. The highest BCUT2D eigenvalue weighted by atomic mass is 16.2. The maximum atomic E-state index is 12.4. The van der Waals surface area contributed by atoms with Crippen LogP contribution >= 0.6 is 0 Å². The van der Waals surface area contributed by atoms with Gasteiger partial charge in [-0.05, 0) is 30.9 Å². The van der Waals surface area contributed by atoms with E-state index in [9.17, 15) is 14.4 Å². The van der Waals surface area contributed by atoms with Crippen LogP contribution in [0, 0.1) is 0 Å². The second-order valence-electron chi connectivity index (χ2n) is 6.07. The Morgan fingerprint density at radius 1 is 1.27 bits per heavy atom. The van der Waals surface area contributed by atoms with Gasteiger partial charge >= 0.3 is 6.03 Å². The zero-order chi connectivity index (χ0) is 15.7. The molecule has 6 heteroatoms. The highest BCUT2D eigenvalue weighted by molar-refractivity contribution is 6.06. The number of hydrogen-bond acceptors (Lipinski definition) is 3. The van der Waals surface area contributed by atoms with Crippen LogP contribution in [0.25, 0.3) is 0 Å². The first-order valence-corrected chi connectivity index (χ1v) is 7.46. The van der Waals surface area contributed by atoms with Crippen molar-refractivity contribution in [3.8, 4) is 0 Å². The molecule has 2 aliphatic rings. The Balaban J connectivity index is 1.60. The van der Waals surface area contributed by atoms with Crippen molar-refractivity contribution in [2.45, 2.75) is 38.3 Å². The topological polar surface area (TPSA) is 78.5 Å². The van der Waals surface area contributed by atoms with Gasteiger partial charge in [0.25, 0.3) is 5.91 Å². The second kappa shape index (κ2) is 5.44. The second-order valence-corrected chi connectivity index (χ2v) is 6.07. The standard InChI is InChI=1S/C16H19N3O3/c1-16(14(21)17-15(22)18-16)8-6-13(20)19-9-7-11-4-2-3-5-12(11)10-19/h2-5H,6-10H2,1H3,(H2,17,18,21,22). The summed E-state index contributed by atoms with van der Waals surface area (Å²) in [5.74, 6) is -0.348. The molecule has 1 aromatic carbocycles. The summed E-state index contributed by atoms with van der Waals surface area (Å²) < 4.78 is 0. The third-order valence-corrected chi connectivity index (χ3v) is 4.44. The lowest BCUT2D eigenvalue weighted by atomic mass is 9.95. The van der Waals surface area contributed by atoms with E-state index in [0.29, 0.717) is 19.5 Å². The lowest BCUT2D eigenvalue weighted by molar-refractivity contribution is -0.133. The number of carbonyl (C=O) groups is 3. The minimum atomic E-state index is -0.986. The Labute approximate surface area is 128 Å². The number of nitrogens with one attached hydrogen (secondary N) is 2. The summed E-state index contributed by atoms with van der Waals surface area (Å²) in [6, 6.07) is 7.63. The van der Waals surface area contributed by atoms with Gasteiger partial charge in [0.05, 0.1) is 0 Å². The molecule has 0 bridgehead atoms. The summed E-state index contributed by atoms with van der Waals surface area (Å²) in [7, 11) is 0. The SMILES string of the molecule is CC1(CCC(=O)N2CCc3ccccc3C2)NC(=O)NC1=O. The summed E-state index contributed by atoms with van der Waals surface area (Å²) in [6.45, 7) is 2.96. The van der Waals surface area contributed by atoms with Gasteiger partial charge in [-0.25, -0.2) is 4.79 Å².